The smallest absolute Gasteiger partial charge is 0.266 e. The highest BCUT2D eigenvalue weighted by atomic mass is 32.2. The van der Waals surface area contributed by atoms with Gasteiger partial charge in [-0.25, -0.2) is 17.2 Å². The molecule has 0 atom stereocenters. The number of benzene rings is 2. The maximum absolute atomic E-state index is 13.4. The van der Waals surface area contributed by atoms with E-state index in [0.29, 0.717) is 0 Å². The number of para-hydroxylation sites is 1. The Morgan fingerprint density at radius 3 is 2.25 bits per heavy atom. The van der Waals surface area contributed by atoms with Crippen LogP contribution in [-0.4, -0.2) is 15.5 Å². The fourth-order valence-corrected chi connectivity index (χ4v) is 3.00. The summed E-state index contributed by atoms with van der Waals surface area (Å²) in [6, 6.07) is 8.44. The summed E-state index contributed by atoms with van der Waals surface area (Å²) >= 11 is 0. The molecule has 2 N–H and O–H groups in total. The number of nitrogen functional groups attached to an aromatic ring is 1. The molecule has 0 spiro atoms. The molecule has 2 aromatic rings. The maximum Gasteiger partial charge on any atom is 0.266 e. The van der Waals surface area contributed by atoms with Crippen molar-refractivity contribution in [2.24, 2.45) is 0 Å². The van der Waals surface area contributed by atoms with Gasteiger partial charge in [0.25, 0.3) is 10.0 Å². The lowest BCUT2D eigenvalue weighted by Gasteiger charge is -2.20. The topological polar surface area (TPSA) is 63.4 Å². The van der Waals surface area contributed by atoms with Crippen molar-refractivity contribution in [3.05, 3.63) is 54.1 Å². The molecule has 0 saturated heterocycles. The predicted octanol–water partition coefficient (Wildman–Crippen LogP) is 2.37. The van der Waals surface area contributed by atoms with E-state index < -0.39 is 27.3 Å². The number of rotatable bonds is 3. The van der Waals surface area contributed by atoms with E-state index >= 15 is 0 Å². The Kier molecular flexibility index (Phi) is 3.63. The third-order valence-corrected chi connectivity index (χ3v) is 4.69. The summed E-state index contributed by atoms with van der Waals surface area (Å²) in [5.41, 5.74) is 5.27. The Morgan fingerprint density at radius 1 is 1.05 bits per heavy atom. The van der Waals surface area contributed by atoms with Crippen molar-refractivity contribution in [3.8, 4) is 0 Å². The molecule has 0 aliphatic heterocycles. The van der Waals surface area contributed by atoms with Crippen molar-refractivity contribution < 1.29 is 17.2 Å². The summed E-state index contributed by atoms with van der Waals surface area (Å²) in [5.74, 6) is -1.29. The second-order valence-corrected chi connectivity index (χ2v) is 6.04. The van der Waals surface area contributed by atoms with Gasteiger partial charge in [-0.1, -0.05) is 6.07 Å². The molecule has 2 aromatic carbocycles. The number of anilines is 2. The largest absolute Gasteiger partial charge is 0.395 e. The fraction of sp³-hybridized carbons (Fsp3) is 0.0769. The molecule has 0 unspecified atom stereocenters. The van der Waals surface area contributed by atoms with Gasteiger partial charge in [0.15, 0.2) is 0 Å². The van der Waals surface area contributed by atoms with Crippen LogP contribution in [0.4, 0.5) is 20.2 Å². The van der Waals surface area contributed by atoms with Gasteiger partial charge in [0.05, 0.1) is 11.4 Å². The maximum atomic E-state index is 13.4. The van der Waals surface area contributed by atoms with Gasteiger partial charge in [0.2, 0.25) is 0 Å². The van der Waals surface area contributed by atoms with Gasteiger partial charge < -0.3 is 5.73 Å². The van der Waals surface area contributed by atoms with E-state index in [1.807, 2.05) is 0 Å². The Morgan fingerprint density at radius 2 is 1.65 bits per heavy atom. The SMILES string of the molecule is CN(c1ccc(F)cc1)S(=O)(=O)c1cccc(F)c1N. The minimum atomic E-state index is -4.01. The molecule has 0 amide bonds. The van der Waals surface area contributed by atoms with Crippen LogP contribution in [0.2, 0.25) is 0 Å². The highest BCUT2D eigenvalue weighted by Crippen LogP contribution is 2.27. The highest BCUT2D eigenvalue weighted by Gasteiger charge is 2.25. The molecule has 0 fully saturated rings. The van der Waals surface area contributed by atoms with Crippen molar-refractivity contribution in [3.63, 3.8) is 0 Å². The van der Waals surface area contributed by atoms with Crippen LogP contribution in [0.5, 0.6) is 0 Å². The zero-order chi connectivity index (χ0) is 14.9. The molecule has 2 rings (SSSR count). The van der Waals surface area contributed by atoms with Crippen LogP contribution in [0, 0.1) is 11.6 Å². The third-order valence-electron chi connectivity index (χ3n) is 2.84. The number of hydrogen-bond donors (Lipinski definition) is 1. The van der Waals surface area contributed by atoms with Crippen LogP contribution in [0.3, 0.4) is 0 Å². The highest BCUT2D eigenvalue weighted by molar-refractivity contribution is 7.93. The van der Waals surface area contributed by atoms with Crippen LogP contribution in [-0.2, 0) is 10.0 Å². The van der Waals surface area contributed by atoms with Gasteiger partial charge in [-0.05, 0) is 36.4 Å². The van der Waals surface area contributed by atoms with E-state index in [0.717, 1.165) is 22.5 Å². The Labute approximate surface area is 115 Å². The lowest BCUT2D eigenvalue weighted by molar-refractivity contribution is 0.591. The Balaban J connectivity index is 2.49. The third kappa shape index (κ3) is 2.44. The summed E-state index contributed by atoms with van der Waals surface area (Å²) in [6.07, 6.45) is 0. The zero-order valence-corrected chi connectivity index (χ0v) is 11.4. The lowest BCUT2D eigenvalue weighted by atomic mass is 10.3. The number of nitrogens with zero attached hydrogens (tertiary/aromatic N) is 1. The lowest BCUT2D eigenvalue weighted by Crippen LogP contribution is -2.27. The summed E-state index contributed by atoms with van der Waals surface area (Å²) in [5, 5.41) is 0. The monoisotopic (exact) mass is 298 g/mol. The summed E-state index contributed by atoms with van der Waals surface area (Å²) in [4.78, 5) is -0.329. The summed E-state index contributed by atoms with van der Waals surface area (Å²) in [6.45, 7) is 0. The molecule has 0 aliphatic carbocycles. The van der Waals surface area contributed by atoms with Crippen molar-refractivity contribution >= 4 is 21.4 Å². The molecule has 4 nitrogen and oxygen atoms in total. The molecule has 106 valence electrons. The fourth-order valence-electron chi connectivity index (χ4n) is 1.68. The molecule has 0 heterocycles. The van der Waals surface area contributed by atoms with Crippen LogP contribution in [0.25, 0.3) is 0 Å². The van der Waals surface area contributed by atoms with Gasteiger partial charge in [0.1, 0.15) is 16.5 Å². The van der Waals surface area contributed by atoms with Crippen LogP contribution in [0.15, 0.2) is 47.4 Å². The number of halogens is 2. The minimum Gasteiger partial charge on any atom is -0.395 e. The van der Waals surface area contributed by atoms with Crippen LogP contribution in [0.1, 0.15) is 0 Å². The summed E-state index contributed by atoms with van der Waals surface area (Å²) in [7, 11) is -2.73. The van der Waals surface area contributed by atoms with Crippen molar-refractivity contribution in [2.75, 3.05) is 17.1 Å². The van der Waals surface area contributed by atoms with E-state index in [9.17, 15) is 17.2 Å². The molecule has 0 aliphatic rings. The standard InChI is InChI=1S/C13H12F2N2O2S/c1-17(10-7-5-9(14)6-8-10)20(18,19)12-4-2-3-11(15)13(12)16/h2-8H,16H2,1H3. The molecule has 0 saturated carbocycles. The molecular formula is C13H12F2N2O2S. The van der Waals surface area contributed by atoms with E-state index in [4.69, 9.17) is 5.73 Å². The van der Waals surface area contributed by atoms with Crippen LogP contribution < -0.4 is 10.0 Å². The molecule has 0 bridgehead atoms. The molecule has 0 radical (unpaired) electrons. The average Bonchev–Trinajstić information content (AvgIpc) is 2.41. The van der Waals surface area contributed by atoms with E-state index in [-0.39, 0.29) is 10.6 Å². The van der Waals surface area contributed by atoms with E-state index in [1.54, 1.807) is 0 Å². The van der Waals surface area contributed by atoms with Gasteiger partial charge in [-0.15, -0.1) is 0 Å². The van der Waals surface area contributed by atoms with Gasteiger partial charge in [-0.3, -0.25) is 4.31 Å². The van der Waals surface area contributed by atoms with Crippen molar-refractivity contribution in [1.29, 1.82) is 0 Å². The number of nitrogens with two attached hydrogens (primary N) is 1. The van der Waals surface area contributed by atoms with Gasteiger partial charge >= 0.3 is 0 Å². The van der Waals surface area contributed by atoms with E-state index in [1.165, 1.54) is 31.3 Å². The van der Waals surface area contributed by atoms with Crippen LogP contribution >= 0.6 is 0 Å². The van der Waals surface area contributed by atoms with Crippen molar-refractivity contribution in [2.45, 2.75) is 4.90 Å². The first-order chi connectivity index (χ1) is 9.34. The van der Waals surface area contributed by atoms with Gasteiger partial charge in [0, 0.05) is 7.05 Å². The second kappa shape index (κ2) is 5.09. The number of sulfonamides is 1. The Hall–Kier alpha value is -2.15. The predicted molar refractivity (Wildman–Crippen MR) is 72.8 cm³/mol. The molecular weight excluding hydrogens is 286 g/mol. The molecule has 20 heavy (non-hydrogen) atoms. The average molecular weight is 298 g/mol. The second-order valence-electron chi connectivity index (χ2n) is 4.10. The summed E-state index contributed by atoms with van der Waals surface area (Å²) < 4.78 is 51.9. The first-order valence-electron chi connectivity index (χ1n) is 5.62. The zero-order valence-electron chi connectivity index (χ0n) is 10.5. The van der Waals surface area contributed by atoms with E-state index in [2.05, 4.69) is 0 Å². The minimum absolute atomic E-state index is 0.245. The first kappa shape index (κ1) is 14.3. The quantitative estimate of drug-likeness (QED) is 0.885. The normalized spacial score (nSPS) is 11.3. The van der Waals surface area contributed by atoms with Crippen molar-refractivity contribution in [1.82, 2.24) is 0 Å². The molecule has 0 aromatic heterocycles. The first-order valence-corrected chi connectivity index (χ1v) is 7.06. The number of hydrogen-bond acceptors (Lipinski definition) is 3. The Bertz CT molecular complexity index is 731. The molecule has 7 heteroatoms. The van der Waals surface area contributed by atoms with Gasteiger partial charge in [-0.2, -0.15) is 0 Å².